The van der Waals surface area contributed by atoms with Crippen molar-refractivity contribution < 1.29 is 4.79 Å². The molecule has 1 aliphatic rings. The van der Waals surface area contributed by atoms with Crippen LogP contribution in [0.25, 0.3) is 0 Å². The fourth-order valence-corrected chi connectivity index (χ4v) is 4.41. The zero-order valence-corrected chi connectivity index (χ0v) is 13.6. The van der Waals surface area contributed by atoms with Crippen molar-refractivity contribution in [1.29, 1.82) is 0 Å². The number of hydrogen-bond donors (Lipinski definition) is 1. The topological polar surface area (TPSA) is 32.3 Å². The molecule has 0 bridgehead atoms. The lowest BCUT2D eigenvalue weighted by Gasteiger charge is -2.27. The largest absolute Gasteiger partial charge is 0.342 e. The number of carbonyl (C=O) groups excluding carboxylic acids is 1. The van der Waals surface area contributed by atoms with E-state index in [9.17, 15) is 4.79 Å². The molecule has 2 aromatic heterocycles. The Morgan fingerprint density at radius 2 is 1.71 bits per heavy atom. The fraction of sp³-hybridized carbons (Fsp3) is 0.438. The Morgan fingerprint density at radius 3 is 2.24 bits per heavy atom. The summed E-state index contributed by atoms with van der Waals surface area (Å²) in [7, 11) is 0. The van der Waals surface area contributed by atoms with Crippen molar-refractivity contribution in [3.05, 3.63) is 44.8 Å². The molecule has 3 heterocycles. The second-order valence-electron chi connectivity index (χ2n) is 5.29. The van der Waals surface area contributed by atoms with E-state index in [2.05, 4.69) is 40.3 Å². The summed E-state index contributed by atoms with van der Waals surface area (Å²) in [6, 6.07) is 8.53. The number of likely N-dealkylation sites (tertiary alicyclic amines) is 1. The van der Waals surface area contributed by atoms with Crippen LogP contribution in [-0.2, 0) is 4.79 Å². The van der Waals surface area contributed by atoms with Crippen molar-refractivity contribution in [3.8, 4) is 0 Å². The summed E-state index contributed by atoms with van der Waals surface area (Å²) in [5.41, 5.74) is 0. The lowest BCUT2D eigenvalue weighted by molar-refractivity contribution is -0.131. The zero-order chi connectivity index (χ0) is 14.5. The quantitative estimate of drug-likeness (QED) is 0.914. The molecule has 3 nitrogen and oxygen atoms in total. The van der Waals surface area contributed by atoms with Crippen LogP contribution in [0.15, 0.2) is 35.0 Å². The van der Waals surface area contributed by atoms with Gasteiger partial charge in [0.2, 0.25) is 5.91 Å². The number of amides is 1. The van der Waals surface area contributed by atoms with Gasteiger partial charge < -0.3 is 4.90 Å². The van der Waals surface area contributed by atoms with Gasteiger partial charge in [-0.15, -0.1) is 22.7 Å². The van der Waals surface area contributed by atoms with Crippen LogP contribution in [0.4, 0.5) is 0 Å². The van der Waals surface area contributed by atoms with Crippen molar-refractivity contribution in [2.45, 2.75) is 25.3 Å². The maximum Gasteiger partial charge on any atom is 0.236 e. The van der Waals surface area contributed by atoms with Gasteiger partial charge in [-0.1, -0.05) is 12.1 Å². The Balaban J connectivity index is 1.64. The summed E-state index contributed by atoms with van der Waals surface area (Å²) in [5.74, 6) is 0.229. The van der Waals surface area contributed by atoms with Crippen LogP contribution in [0, 0.1) is 0 Å². The molecule has 2 aromatic rings. The number of hydrogen-bond acceptors (Lipinski definition) is 4. The van der Waals surface area contributed by atoms with Crippen molar-refractivity contribution in [3.63, 3.8) is 0 Å². The standard InChI is InChI=1S/C16H20N2OS2/c19-15(18-8-2-1-3-9-18)12-17-16(13-6-4-10-20-13)14-7-5-11-21-14/h4-7,10-11,16-17H,1-3,8-9,12H2. The van der Waals surface area contributed by atoms with Gasteiger partial charge in [-0.25, -0.2) is 0 Å². The average Bonchev–Trinajstić information content (AvgIpc) is 3.22. The number of nitrogens with zero attached hydrogens (tertiary/aromatic N) is 1. The first kappa shape index (κ1) is 14.8. The Hall–Kier alpha value is -1.17. The van der Waals surface area contributed by atoms with Gasteiger partial charge in [0, 0.05) is 22.8 Å². The van der Waals surface area contributed by atoms with Gasteiger partial charge in [0.05, 0.1) is 12.6 Å². The van der Waals surface area contributed by atoms with Crippen molar-refractivity contribution in [2.24, 2.45) is 0 Å². The third kappa shape index (κ3) is 3.73. The summed E-state index contributed by atoms with van der Waals surface area (Å²) in [5, 5.41) is 7.63. The number of carbonyl (C=O) groups is 1. The SMILES string of the molecule is O=C(CNC(c1cccs1)c1cccs1)N1CCCCC1. The molecular weight excluding hydrogens is 300 g/mol. The third-order valence-corrected chi connectivity index (χ3v) is 5.70. The summed E-state index contributed by atoms with van der Waals surface area (Å²) >= 11 is 3.47. The minimum Gasteiger partial charge on any atom is -0.342 e. The predicted molar refractivity (Wildman–Crippen MR) is 88.9 cm³/mol. The van der Waals surface area contributed by atoms with Gasteiger partial charge in [0.25, 0.3) is 0 Å². The van der Waals surface area contributed by atoms with Crippen molar-refractivity contribution >= 4 is 28.6 Å². The first-order chi connectivity index (χ1) is 10.3. The van der Waals surface area contributed by atoms with Crippen LogP contribution in [0.5, 0.6) is 0 Å². The smallest absolute Gasteiger partial charge is 0.236 e. The van der Waals surface area contributed by atoms with Crippen LogP contribution in [-0.4, -0.2) is 30.4 Å². The maximum absolute atomic E-state index is 12.3. The molecule has 112 valence electrons. The molecule has 0 aliphatic carbocycles. The predicted octanol–water partition coefficient (Wildman–Crippen LogP) is 3.50. The van der Waals surface area contributed by atoms with E-state index < -0.39 is 0 Å². The Kier molecular flexibility index (Phi) is 5.06. The van der Waals surface area contributed by atoms with E-state index in [0.717, 1.165) is 25.9 Å². The Morgan fingerprint density at radius 1 is 1.10 bits per heavy atom. The van der Waals surface area contributed by atoms with Crippen LogP contribution >= 0.6 is 22.7 Å². The third-order valence-electron chi connectivity index (χ3n) is 3.82. The Labute approximate surface area is 133 Å². The summed E-state index contributed by atoms with van der Waals surface area (Å²) in [6.45, 7) is 2.26. The van der Waals surface area contributed by atoms with E-state index in [4.69, 9.17) is 0 Å². The fourth-order valence-electron chi connectivity index (χ4n) is 2.70. The van der Waals surface area contributed by atoms with E-state index in [1.165, 1.54) is 16.2 Å². The number of piperidine rings is 1. The van der Waals surface area contributed by atoms with Crippen molar-refractivity contribution in [1.82, 2.24) is 10.2 Å². The molecule has 5 heteroatoms. The molecule has 0 spiro atoms. The van der Waals surface area contributed by atoms with E-state index in [-0.39, 0.29) is 11.9 Å². The average molecular weight is 320 g/mol. The molecule has 0 atom stereocenters. The molecule has 3 rings (SSSR count). The highest BCUT2D eigenvalue weighted by Gasteiger charge is 2.20. The lowest BCUT2D eigenvalue weighted by Crippen LogP contribution is -2.41. The molecule has 0 aromatic carbocycles. The molecule has 1 fully saturated rings. The first-order valence-corrected chi connectivity index (χ1v) is 9.18. The zero-order valence-electron chi connectivity index (χ0n) is 12.0. The van der Waals surface area contributed by atoms with Gasteiger partial charge >= 0.3 is 0 Å². The van der Waals surface area contributed by atoms with Gasteiger partial charge in [-0.3, -0.25) is 10.1 Å². The van der Waals surface area contributed by atoms with Gasteiger partial charge in [-0.05, 0) is 42.2 Å². The van der Waals surface area contributed by atoms with Gasteiger partial charge in [0.1, 0.15) is 0 Å². The number of rotatable bonds is 5. The first-order valence-electron chi connectivity index (χ1n) is 7.42. The van der Waals surface area contributed by atoms with E-state index in [0.29, 0.717) is 6.54 Å². The summed E-state index contributed by atoms with van der Waals surface area (Å²) in [4.78, 5) is 16.8. The van der Waals surface area contributed by atoms with Crippen molar-refractivity contribution in [2.75, 3.05) is 19.6 Å². The lowest BCUT2D eigenvalue weighted by atomic mass is 10.1. The normalized spacial score (nSPS) is 15.6. The van der Waals surface area contributed by atoms with Crippen LogP contribution in [0.1, 0.15) is 35.1 Å². The second-order valence-corrected chi connectivity index (χ2v) is 7.24. The molecule has 21 heavy (non-hydrogen) atoms. The Bertz CT molecular complexity index is 511. The molecule has 1 saturated heterocycles. The maximum atomic E-state index is 12.3. The van der Waals surface area contributed by atoms with Crippen LogP contribution in [0.2, 0.25) is 0 Å². The summed E-state index contributed by atoms with van der Waals surface area (Å²) in [6.07, 6.45) is 3.54. The molecule has 0 radical (unpaired) electrons. The van der Waals surface area contributed by atoms with E-state index in [1.807, 2.05) is 4.90 Å². The second kappa shape index (κ2) is 7.20. The summed E-state index contributed by atoms with van der Waals surface area (Å²) < 4.78 is 0. The molecule has 1 aliphatic heterocycles. The monoisotopic (exact) mass is 320 g/mol. The highest BCUT2D eigenvalue weighted by Crippen LogP contribution is 2.29. The minimum atomic E-state index is 0.138. The molecule has 0 unspecified atom stereocenters. The highest BCUT2D eigenvalue weighted by molar-refractivity contribution is 7.11. The molecule has 1 N–H and O–H groups in total. The van der Waals surface area contributed by atoms with Gasteiger partial charge in [0.15, 0.2) is 0 Å². The molecule has 0 saturated carbocycles. The van der Waals surface area contributed by atoms with E-state index in [1.54, 1.807) is 22.7 Å². The number of nitrogens with one attached hydrogen (secondary N) is 1. The molecule has 1 amide bonds. The van der Waals surface area contributed by atoms with Gasteiger partial charge in [-0.2, -0.15) is 0 Å². The van der Waals surface area contributed by atoms with Crippen LogP contribution < -0.4 is 5.32 Å². The highest BCUT2D eigenvalue weighted by atomic mass is 32.1. The molecular formula is C16H20N2OS2. The van der Waals surface area contributed by atoms with Crippen LogP contribution in [0.3, 0.4) is 0 Å². The van der Waals surface area contributed by atoms with E-state index >= 15 is 0 Å². The minimum absolute atomic E-state index is 0.138. The number of thiophene rings is 2.